The number of anilines is 1. The molecule has 1 aliphatic heterocycles. The molecule has 34 heavy (non-hydrogen) atoms. The molecule has 3 aromatic rings. The Morgan fingerprint density at radius 2 is 2.06 bits per heavy atom. The van der Waals surface area contributed by atoms with Crippen LogP contribution in [0, 0.1) is 23.5 Å². The fourth-order valence-electron chi connectivity index (χ4n) is 3.77. The second kappa shape index (κ2) is 9.67. The summed E-state index contributed by atoms with van der Waals surface area (Å²) >= 11 is 1.17. The Labute approximate surface area is 198 Å². The molecule has 1 amide bonds. The molecule has 1 aliphatic rings. The quantitative estimate of drug-likeness (QED) is 0.497. The van der Waals surface area contributed by atoms with Gasteiger partial charge in [-0.05, 0) is 42.3 Å². The number of hydrogen-bond donors (Lipinski definition) is 1. The van der Waals surface area contributed by atoms with E-state index in [0.29, 0.717) is 43.8 Å². The molecule has 7 nitrogen and oxygen atoms in total. The highest BCUT2D eigenvalue weighted by Gasteiger charge is 2.28. The molecule has 2 heterocycles. The van der Waals surface area contributed by atoms with E-state index < -0.39 is 18.5 Å². The summed E-state index contributed by atoms with van der Waals surface area (Å²) in [6.07, 6.45) is -3.65. The van der Waals surface area contributed by atoms with E-state index in [1.165, 1.54) is 24.9 Å². The maximum atomic E-state index is 13.3. The maximum absolute atomic E-state index is 13.3. The van der Waals surface area contributed by atoms with E-state index in [1.807, 2.05) is 0 Å². The average molecular weight is 483 g/mol. The molecule has 0 radical (unpaired) electrons. The number of nitrogens with one attached hydrogen (secondary N) is 2. The summed E-state index contributed by atoms with van der Waals surface area (Å²) < 4.78 is 32.0. The molecule has 2 N–H and O–H groups in total. The van der Waals surface area contributed by atoms with Crippen molar-refractivity contribution in [3.05, 3.63) is 87.2 Å². The molecule has 4 rings (SSSR count). The molecule has 0 saturated carbocycles. The highest BCUT2D eigenvalue weighted by Crippen LogP contribution is 2.36. The van der Waals surface area contributed by atoms with E-state index in [0.717, 1.165) is 0 Å². The molecule has 2 aromatic carbocycles. The largest absolute Gasteiger partial charge is 0.754 e. The molecule has 0 fully saturated rings. The number of rotatable bonds is 6. The number of carbonyl (C=O) groups is 1. The van der Waals surface area contributed by atoms with Crippen molar-refractivity contribution in [2.45, 2.75) is 30.3 Å². The number of para-hydroxylation sites is 1. The van der Waals surface area contributed by atoms with Crippen LogP contribution in [0.15, 0.2) is 53.6 Å². The number of hydrogen-bond acceptors (Lipinski definition) is 6. The van der Waals surface area contributed by atoms with Crippen molar-refractivity contribution >= 4 is 23.4 Å². The van der Waals surface area contributed by atoms with Gasteiger partial charge in [0.25, 0.3) is 5.03 Å². The van der Waals surface area contributed by atoms with Crippen molar-refractivity contribution in [3.8, 4) is 11.8 Å². The minimum absolute atomic E-state index is 0.268. The fraction of sp³-hybridized carbons (Fsp3) is 0.208. The van der Waals surface area contributed by atoms with Crippen LogP contribution in [0.3, 0.4) is 0 Å². The van der Waals surface area contributed by atoms with Crippen molar-refractivity contribution in [1.82, 2.24) is 5.06 Å². The van der Waals surface area contributed by atoms with Crippen LogP contribution >= 0.6 is 11.8 Å². The first-order valence-corrected chi connectivity index (χ1v) is 11.2. The van der Waals surface area contributed by atoms with Crippen LogP contribution in [0.1, 0.15) is 50.9 Å². The van der Waals surface area contributed by atoms with Crippen LogP contribution in [-0.4, -0.2) is 18.1 Å². The molecule has 10 heteroatoms. The molecular weight excluding hydrogens is 462 g/mol. The van der Waals surface area contributed by atoms with Gasteiger partial charge < -0.3 is 20.3 Å². The zero-order chi connectivity index (χ0) is 24.4. The minimum atomic E-state index is -2.70. The number of carbonyl (C=O) groups excluding carboxylic acids is 1. The number of halogens is 2. The summed E-state index contributed by atoms with van der Waals surface area (Å²) in [4.78, 5) is 15.2. The van der Waals surface area contributed by atoms with Gasteiger partial charge in [-0.25, -0.2) is 0 Å². The van der Waals surface area contributed by atoms with Crippen molar-refractivity contribution < 1.29 is 23.3 Å². The van der Waals surface area contributed by atoms with Gasteiger partial charge in [0.1, 0.15) is 23.5 Å². The summed E-state index contributed by atoms with van der Waals surface area (Å²) in [5, 5.41) is 26.0. The number of benzene rings is 2. The van der Waals surface area contributed by atoms with Crippen molar-refractivity contribution in [2.24, 2.45) is 0 Å². The van der Waals surface area contributed by atoms with Gasteiger partial charge in [0.05, 0.1) is 12.7 Å². The highest BCUT2D eigenvalue weighted by atomic mass is 32.2. The Balaban J connectivity index is 1.65. The van der Waals surface area contributed by atoms with Crippen LogP contribution in [0.25, 0.3) is 0 Å². The third kappa shape index (κ3) is 4.40. The normalized spacial score (nSPS) is 15.0. The smallest absolute Gasteiger partial charge is 0.320 e. The van der Waals surface area contributed by atoms with Crippen LogP contribution in [-0.2, 0) is 5.75 Å². The first kappa shape index (κ1) is 23.5. The molecule has 1 atom stereocenters. The lowest BCUT2D eigenvalue weighted by atomic mass is 10.0. The van der Waals surface area contributed by atoms with Crippen LogP contribution < -0.4 is 15.0 Å². The first-order chi connectivity index (χ1) is 16.3. The zero-order valence-corrected chi connectivity index (χ0v) is 19.1. The number of aryl methyl sites for hydroxylation is 1. The number of methoxy groups -OCH3 is 1. The molecule has 1 unspecified atom stereocenters. The number of ether oxygens (including phenoxy) is 1. The van der Waals surface area contributed by atoms with Gasteiger partial charge in [-0.15, -0.1) is 0 Å². The predicted octanol–water partition coefficient (Wildman–Crippen LogP) is 4.98. The number of pyridine rings is 1. The third-order valence-electron chi connectivity index (χ3n) is 5.47. The second-order valence-corrected chi connectivity index (χ2v) is 8.59. The number of hydroxylamine groups is 2. The lowest BCUT2D eigenvalue weighted by Crippen LogP contribution is -2.39. The van der Waals surface area contributed by atoms with Gasteiger partial charge in [0, 0.05) is 23.1 Å². The summed E-state index contributed by atoms with van der Waals surface area (Å²) in [7, 11) is 1.50. The lowest BCUT2D eigenvalue weighted by molar-refractivity contribution is -0.448. The number of H-pyrrole nitrogens is 1. The summed E-state index contributed by atoms with van der Waals surface area (Å²) in [5.41, 5.74) is 2.53. The van der Waals surface area contributed by atoms with Crippen molar-refractivity contribution in [3.63, 3.8) is 0 Å². The first-order valence-electron chi connectivity index (χ1n) is 10.2. The molecule has 174 valence electrons. The zero-order valence-electron chi connectivity index (χ0n) is 18.3. The van der Waals surface area contributed by atoms with Gasteiger partial charge in [-0.3, -0.25) is 4.79 Å². The summed E-state index contributed by atoms with van der Waals surface area (Å²) in [6, 6.07) is 15.2. The Hall–Kier alpha value is -3.68. The SMILES string of the molecule is COc1ccc(C2Nc3ccccc3C(=O)N2[O-])cc1CSc1[nH+]c(C(F)F)cc(C)c1C#N. The number of thioether (sulfide) groups is 1. The standard InChI is InChI=1S/C24H19F2N4O3S/c1-13-9-19(21(25)26)29-23(17(13)11-27)34-12-15-10-14(7-8-20(15)33-2)22-28-18-6-4-3-5-16(18)24(31)30(22)32/h3-10,21-22,28H,12H2,1-2H3/q-1/p+1. The lowest BCUT2D eigenvalue weighted by Gasteiger charge is -2.42. The van der Waals surface area contributed by atoms with Gasteiger partial charge in [-0.2, -0.15) is 19.0 Å². The van der Waals surface area contributed by atoms with Crippen molar-refractivity contribution in [2.75, 3.05) is 12.4 Å². The third-order valence-corrected chi connectivity index (χ3v) is 6.52. The number of alkyl halides is 2. The minimum Gasteiger partial charge on any atom is -0.754 e. The summed E-state index contributed by atoms with van der Waals surface area (Å²) in [5.74, 6) is 0.153. The topological polar surface area (TPSA) is 103 Å². The monoisotopic (exact) mass is 482 g/mol. The second-order valence-electron chi connectivity index (χ2n) is 7.61. The van der Waals surface area contributed by atoms with E-state index in [2.05, 4.69) is 16.4 Å². The number of nitrogens with zero attached hydrogens (tertiary/aromatic N) is 2. The molecule has 0 saturated heterocycles. The number of nitriles is 1. The summed E-state index contributed by atoms with van der Waals surface area (Å²) in [6.45, 7) is 1.61. The van der Waals surface area contributed by atoms with Crippen LogP contribution in [0.4, 0.5) is 14.5 Å². The predicted molar refractivity (Wildman–Crippen MR) is 122 cm³/mol. The van der Waals surface area contributed by atoms with E-state index in [1.54, 1.807) is 49.4 Å². The number of fused-ring (bicyclic) bond motifs is 1. The molecule has 0 spiro atoms. The molecular formula is C24H20F2N4O3S. The Kier molecular flexibility index (Phi) is 6.68. The highest BCUT2D eigenvalue weighted by molar-refractivity contribution is 7.98. The van der Waals surface area contributed by atoms with Gasteiger partial charge in [-0.1, -0.05) is 30.0 Å². The van der Waals surface area contributed by atoms with E-state index in [-0.39, 0.29) is 17.0 Å². The van der Waals surface area contributed by atoms with Gasteiger partial charge in [0.15, 0.2) is 0 Å². The molecule has 0 bridgehead atoms. The van der Waals surface area contributed by atoms with Crippen LogP contribution in [0.5, 0.6) is 5.75 Å². The average Bonchev–Trinajstić information content (AvgIpc) is 2.84. The van der Waals surface area contributed by atoms with Crippen LogP contribution in [0.2, 0.25) is 0 Å². The molecule has 0 aliphatic carbocycles. The van der Waals surface area contributed by atoms with E-state index >= 15 is 0 Å². The van der Waals surface area contributed by atoms with Gasteiger partial charge >= 0.3 is 6.43 Å². The Morgan fingerprint density at radius 1 is 1.29 bits per heavy atom. The Morgan fingerprint density at radius 3 is 2.76 bits per heavy atom. The van der Waals surface area contributed by atoms with E-state index in [9.17, 15) is 24.0 Å². The van der Waals surface area contributed by atoms with E-state index in [4.69, 9.17) is 4.74 Å². The Bertz CT molecular complexity index is 1300. The molecule has 1 aromatic heterocycles. The number of aromatic nitrogens is 1. The fourth-order valence-corrected chi connectivity index (χ4v) is 4.83. The number of amides is 1. The number of aromatic amines is 1. The van der Waals surface area contributed by atoms with Gasteiger partial charge in [0.2, 0.25) is 11.6 Å². The maximum Gasteiger partial charge on any atom is 0.320 e. The van der Waals surface area contributed by atoms with Crippen molar-refractivity contribution in [1.29, 1.82) is 5.26 Å².